The average Bonchev–Trinajstić information content (AvgIpc) is 3.30. The molecular formula is C15H20N4. The zero-order valence-corrected chi connectivity index (χ0v) is 11.2. The minimum atomic E-state index is 0.506. The third-order valence-electron chi connectivity index (χ3n) is 4.06. The van der Waals surface area contributed by atoms with Crippen LogP contribution in [0.2, 0.25) is 0 Å². The van der Waals surface area contributed by atoms with Crippen LogP contribution >= 0.6 is 0 Å². The van der Waals surface area contributed by atoms with E-state index in [1.807, 2.05) is 12.1 Å². The van der Waals surface area contributed by atoms with Crippen LogP contribution in [0.5, 0.6) is 0 Å². The van der Waals surface area contributed by atoms with Gasteiger partial charge in [0.2, 0.25) is 0 Å². The lowest BCUT2D eigenvalue weighted by Crippen LogP contribution is -2.43. The molecule has 2 aliphatic rings. The maximum Gasteiger partial charge on any atom is 0.142 e. The van der Waals surface area contributed by atoms with Gasteiger partial charge in [-0.2, -0.15) is 5.26 Å². The first-order chi connectivity index (χ1) is 9.35. The lowest BCUT2D eigenvalue weighted by Gasteiger charge is -2.33. The van der Waals surface area contributed by atoms with Crippen LogP contribution in [0.3, 0.4) is 0 Å². The Balaban J connectivity index is 1.52. The second-order valence-corrected chi connectivity index (χ2v) is 5.61. The van der Waals surface area contributed by atoms with Crippen LogP contribution in [0.4, 0.5) is 5.82 Å². The van der Waals surface area contributed by atoms with Crippen LogP contribution in [0.1, 0.15) is 31.4 Å². The van der Waals surface area contributed by atoms with Gasteiger partial charge in [0.25, 0.3) is 0 Å². The average molecular weight is 256 g/mol. The standard InChI is InChI=1S/C15H20N4/c16-10-14-2-1-3-15(18-14)19-8-6-13(7-9-19)17-11-12-4-5-12/h1-3,12-13,17H,4-9,11H2. The molecule has 0 aromatic carbocycles. The first kappa shape index (κ1) is 12.4. The molecule has 4 nitrogen and oxygen atoms in total. The number of pyridine rings is 1. The summed E-state index contributed by atoms with van der Waals surface area (Å²) in [4.78, 5) is 6.66. The van der Waals surface area contributed by atoms with Gasteiger partial charge in [0.1, 0.15) is 17.6 Å². The third-order valence-corrected chi connectivity index (χ3v) is 4.06. The van der Waals surface area contributed by atoms with Gasteiger partial charge in [0.15, 0.2) is 0 Å². The van der Waals surface area contributed by atoms with Crippen LogP contribution in [0.15, 0.2) is 18.2 Å². The van der Waals surface area contributed by atoms with Crippen molar-refractivity contribution >= 4 is 5.82 Å². The number of nitriles is 1. The summed E-state index contributed by atoms with van der Waals surface area (Å²) in [7, 11) is 0. The molecule has 3 rings (SSSR count). The van der Waals surface area contributed by atoms with Crippen molar-refractivity contribution in [2.45, 2.75) is 31.7 Å². The summed E-state index contributed by atoms with van der Waals surface area (Å²) in [6.07, 6.45) is 5.17. The van der Waals surface area contributed by atoms with Gasteiger partial charge >= 0.3 is 0 Å². The molecule has 1 saturated carbocycles. The predicted molar refractivity (Wildman–Crippen MR) is 74.9 cm³/mol. The Hall–Kier alpha value is -1.60. The van der Waals surface area contributed by atoms with E-state index in [-0.39, 0.29) is 0 Å². The van der Waals surface area contributed by atoms with E-state index in [0.717, 1.165) is 24.8 Å². The Bertz CT molecular complexity index is 467. The molecule has 4 heteroatoms. The second kappa shape index (κ2) is 5.58. The number of piperidine rings is 1. The van der Waals surface area contributed by atoms with Gasteiger partial charge < -0.3 is 10.2 Å². The number of nitrogens with zero attached hydrogens (tertiary/aromatic N) is 3. The van der Waals surface area contributed by atoms with Gasteiger partial charge in [0, 0.05) is 19.1 Å². The number of rotatable bonds is 4. The highest BCUT2D eigenvalue weighted by molar-refractivity contribution is 5.42. The maximum atomic E-state index is 8.89. The molecule has 2 fully saturated rings. The highest BCUT2D eigenvalue weighted by Gasteiger charge is 2.24. The largest absolute Gasteiger partial charge is 0.356 e. The lowest BCUT2D eigenvalue weighted by atomic mass is 10.0. The number of anilines is 1. The Morgan fingerprint density at radius 1 is 1.26 bits per heavy atom. The molecule has 1 aliphatic heterocycles. The van der Waals surface area contributed by atoms with Gasteiger partial charge in [-0.1, -0.05) is 6.07 Å². The molecule has 1 aliphatic carbocycles. The van der Waals surface area contributed by atoms with Crippen molar-refractivity contribution in [2.24, 2.45) is 5.92 Å². The number of hydrogen-bond donors (Lipinski definition) is 1. The zero-order valence-electron chi connectivity index (χ0n) is 11.2. The Kier molecular flexibility index (Phi) is 3.65. The summed E-state index contributed by atoms with van der Waals surface area (Å²) in [6, 6.07) is 8.44. The molecule has 1 N–H and O–H groups in total. The summed E-state index contributed by atoms with van der Waals surface area (Å²) < 4.78 is 0. The van der Waals surface area contributed by atoms with Crippen molar-refractivity contribution in [3.8, 4) is 6.07 Å². The summed E-state index contributed by atoms with van der Waals surface area (Å²) in [5.41, 5.74) is 0.506. The first-order valence-corrected chi connectivity index (χ1v) is 7.20. The van der Waals surface area contributed by atoms with Crippen molar-refractivity contribution in [3.63, 3.8) is 0 Å². The molecule has 0 radical (unpaired) electrons. The number of hydrogen-bond acceptors (Lipinski definition) is 4. The molecule has 0 amide bonds. The van der Waals surface area contributed by atoms with Crippen molar-refractivity contribution in [2.75, 3.05) is 24.5 Å². The fraction of sp³-hybridized carbons (Fsp3) is 0.600. The molecule has 0 bridgehead atoms. The Morgan fingerprint density at radius 2 is 2.05 bits per heavy atom. The van der Waals surface area contributed by atoms with E-state index < -0.39 is 0 Å². The van der Waals surface area contributed by atoms with E-state index in [1.54, 1.807) is 6.07 Å². The molecule has 0 spiro atoms. The van der Waals surface area contributed by atoms with Crippen molar-refractivity contribution in [1.82, 2.24) is 10.3 Å². The topological polar surface area (TPSA) is 52.0 Å². The Labute approximate surface area is 114 Å². The van der Waals surface area contributed by atoms with Crippen LogP contribution in [-0.4, -0.2) is 30.7 Å². The van der Waals surface area contributed by atoms with E-state index in [2.05, 4.69) is 21.3 Å². The molecule has 0 unspecified atom stereocenters. The third kappa shape index (κ3) is 3.24. The SMILES string of the molecule is N#Cc1cccc(N2CCC(NCC3CC3)CC2)n1. The summed E-state index contributed by atoms with van der Waals surface area (Å²) in [5.74, 6) is 1.90. The van der Waals surface area contributed by atoms with Gasteiger partial charge in [-0.25, -0.2) is 4.98 Å². The number of nitrogens with one attached hydrogen (secondary N) is 1. The van der Waals surface area contributed by atoms with Gasteiger partial charge in [-0.3, -0.25) is 0 Å². The van der Waals surface area contributed by atoms with E-state index in [4.69, 9.17) is 5.26 Å². The van der Waals surface area contributed by atoms with Gasteiger partial charge in [-0.15, -0.1) is 0 Å². The minimum absolute atomic E-state index is 0.506. The normalized spacial score (nSPS) is 20.3. The lowest BCUT2D eigenvalue weighted by molar-refractivity contribution is 0.407. The molecule has 1 aromatic rings. The molecule has 1 saturated heterocycles. The van der Waals surface area contributed by atoms with Gasteiger partial charge in [-0.05, 0) is 50.3 Å². The fourth-order valence-electron chi connectivity index (χ4n) is 2.63. The van der Waals surface area contributed by atoms with Crippen molar-refractivity contribution < 1.29 is 0 Å². The second-order valence-electron chi connectivity index (χ2n) is 5.61. The zero-order chi connectivity index (χ0) is 13.1. The summed E-state index contributed by atoms with van der Waals surface area (Å²) >= 11 is 0. The molecule has 19 heavy (non-hydrogen) atoms. The first-order valence-electron chi connectivity index (χ1n) is 7.20. The van der Waals surface area contributed by atoms with E-state index in [1.165, 1.54) is 32.2 Å². The molecule has 2 heterocycles. The van der Waals surface area contributed by atoms with Crippen molar-refractivity contribution in [1.29, 1.82) is 5.26 Å². The number of aromatic nitrogens is 1. The maximum absolute atomic E-state index is 8.89. The van der Waals surface area contributed by atoms with Gasteiger partial charge in [0.05, 0.1) is 0 Å². The summed E-state index contributed by atoms with van der Waals surface area (Å²) in [6.45, 7) is 3.27. The summed E-state index contributed by atoms with van der Waals surface area (Å²) in [5, 5.41) is 12.6. The van der Waals surface area contributed by atoms with Crippen LogP contribution < -0.4 is 10.2 Å². The van der Waals surface area contributed by atoms with E-state index in [0.29, 0.717) is 11.7 Å². The van der Waals surface area contributed by atoms with E-state index >= 15 is 0 Å². The highest BCUT2D eigenvalue weighted by Crippen LogP contribution is 2.28. The molecular weight excluding hydrogens is 236 g/mol. The highest BCUT2D eigenvalue weighted by atomic mass is 15.2. The molecule has 1 aromatic heterocycles. The molecule has 100 valence electrons. The van der Waals surface area contributed by atoms with Crippen LogP contribution in [0, 0.1) is 17.2 Å². The van der Waals surface area contributed by atoms with Crippen molar-refractivity contribution in [3.05, 3.63) is 23.9 Å². The van der Waals surface area contributed by atoms with E-state index in [9.17, 15) is 0 Å². The quantitative estimate of drug-likeness (QED) is 0.894. The fourth-order valence-corrected chi connectivity index (χ4v) is 2.63. The van der Waals surface area contributed by atoms with Crippen LogP contribution in [-0.2, 0) is 0 Å². The minimum Gasteiger partial charge on any atom is -0.356 e. The van der Waals surface area contributed by atoms with Crippen LogP contribution in [0.25, 0.3) is 0 Å². The molecule has 0 atom stereocenters. The predicted octanol–water partition coefficient (Wildman–Crippen LogP) is 1.92. The Morgan fingerprint density at radius 3 is 2.74 bits per heavy atom. The monoisotopic (exact) mass is 256 g/mol. The smallest absolute Gasteiger partial charge is 0.142 e.